The second kappa shape index (κ2) is 10.3. The first-order valence-electron chi connectivity index (χ1n) is 12.0. The number of fused-ring (bicyclic) bond motifs is 1. The Kier molecular flexibility index (Phi) is 7.24. The first kappa shape index (κ1) is 23.9. The van der Waals surface area contributed by atoms with Crippen molar-refractivity contribution in [3.8, 4) is 0 Å². The van der Waals surface area contributed by atoms with Gasteiger partial charge in [0.15, 0.2) is 0 Å². The van der Waals surface area contributed by atoms with Crippen LogP contribution in [0.1, 0.15) is 44.0 Å². The lowest BCUT2D eigenvalue weighted by atomic mass is 9.92. The van der Waals surface area contributed by atoms with E-state index in [4.69, 9.17) is 14.5 Å². The monoisotopic (exact) mass is 466 g/mol. The molecule has 2 aromatic rings. The van der Waals surface area contributed by atoms with Crippen LogP contribution in [-0.4, -0.2) is 59.9 Å². The van der Waals surface area contributed by atoms with E-state index in [0.29, 0.717) is 13.1 Å². The van der Waals surface area contributed by atoms with Gasteiger partial charge in [-0.3, -0.25) is 0 Å². The van der Waals surface area contributed by atoms with Gasteiger partial charge in [0.2, 0.25) is 0 Å². The number of carbonyl (C=O) groups is 2. The number of benzene rings is 1. The summed E-state index contributed by atoms with van der Waals surface area (Å²) in [6.07, 6.45) is 1.74. The number of aryl methyl sites for hydroxylation is 1. The summed E-state index contributed by atoms with van der Waals surface area (Å²) in [5.74, 6) is 0.941. The van der Waals surface area contributed by atoms with Gasteiger partial charge in [-0.15, -0.1) is 0 Å². The fourth-order valence-electron chi connectivity index (χ4n) is 4.27. The van der Waals surface area contributed by atoms with Crippen LogP contribution in [0.5, 0.6) is 0 Å². The molecule has 34 heavy (non-hydrogen) atoms. The molecule has 1 aromatic carbocycles. The highest BCUT2D eigenvalue weighted by Crippen LogP contribution is 2.24. The fourth-order valence-corrected chi connectivity index (χ4v) is 4.27. The molecular weight excluding hydrogens is 432 g/mol. The van der Waals surface area contributed by atoms with Crippen molar-refractivity contribution in [2.75, 3.05) is 31.1 Å². The molecule has 1 aromatic heterocycles. The van der Waals surface area contributed by atoms with Gasteiger partial charge in [-0.25, -0.2) is 14.6 Å². The Morgan fingerprint density at radius 1 is 1.06 bits per heavy atom. The van der Waals surface area contributed by atoms with Gasteiger partial charge in [0.1, 0.15) is 18.0 Å². The van der Waals surface area contributed by atoms with Gasteiger partial charge in [0.05, 0.1) is 0 Å². The summed E-state index contributed by atoms with van der Waals surface area (Å²) in [6, 6.07) is 13.9. The van der Waals surface area contributed by atoms with E-state index in [-0.39, 0.29) is 24.8 Å². The summed E-state index contributed by atoms with van der Waals surface area (Å²) in [7, 11) is 0. The Bertz CT molecular complexity index is 998. The highest BCUT2D eigenvalue weighted by molar-refractivity contribution is 5.69. The van der Waals surface area contributed by atoms with E-state index >= 15 is 0 Å². The van der Waals surface area contributed by atoms with Crippen molar-refractivity contribution in [1.29, 1.82) is 0 Å². The lowest BCUT2D eigenvalue weighted by Crippen LogP contribution is -2.50. The smallest absolute Gasteiger partial charge is 0.410 e. The first-order chi connectivity index (χ1) is 16.3. The maximum absolute atomic E-state index is 12.3. The lowest BCUT2D eigenvalue weighted by Gasteiger charge is -2.36. The molecule has 1 aliphatic carbocycles. The maximum Gasteiger partial charge on any atom is 0.410 e. The van der Waals surface area contributed by atoms with Crippen LogP contribution in [0.25, 0.3) is 0 Å². The number of hydrogen-bond acceptors (Lipinski definition) is 6. The summed E-state index contributed by atoms with van der Waals surface area (Å²) < 4.78 is 10.8. The average molecular weight is 467 g/mol. The van der Waals surface area contributed by atoms with Crippen LogP contribution in [0.2, 0.25) is 0 Å². The largest absolute Gasteiger partial charge is 0.445 e. The quantitative estimate of drug-likeness (QED) is 0.735. The number of piperazine rings is 1. The van der Waals surface area contributed by atoms with E-state index in [2.05, 4.69) is 16.3 Å². The molecule has 1 fully saturated rings. The summed E-state index contributed by atoms with van der Waals surface area (Å²) in [4.78, 5) is 33.4. The zero-order chi connectivity index (χ0) is 24.1. The number of nitrogens with one attached hydrogen (secondary N) is 1. The standard InChI is InChI=1S/C26H34N4O4/c1-26(2,3)34-25(32)30-15-13-29(14-16-30)23-12-9-20-17-21(10-11-22(20)28-23)27-24(31)33-18-19-7-5-4-6-8-19/h4-9,12,21H,10-11,13-18H2,1-3H3,(H,27,31)/t21-/m0/s1. The molecular formula is C26H34N4O4. The summed E-state index contributed by atoms with van der Waals surface area (Å²) in [6.45, 7) is 8.59. The normalized spacial score (nSPS) is 18.1. The van der Waals surface area contributed by atoms with E-state index in [1.807, 2.05) is 57.2 Å². The number of hydrogen-bond donors (Lipinski definition) is 1. The van der Waals surface area contributed by atoms with E-state index in [9.17, 15) is 9.59 Å². The van der Waals surface area contributed by atoms with Crippen molar-refractivity contribution in [3.05, 3.63) is 59.3 Å². The summed E-state index contributed by atoms with van der Waals surface area (Å²) >= 11 is 0. The Labute approximate surface area is 201 Å². The summed E-state index contributed by atoms with van der Waals surface area (Å²) in [5, 5.41) is 2.99. The number of carbonyl (C=O) groups excluding carboxylic acids is 2. The van der Waals surface area contributed by atoms with Crippen molar-refractivity contribution >= 4 is 18.0 Å². The highest BCUT2D eigenvalue weighted by Gasteiger charge is 2.27. The van der Waals surface area contributed by atoms with Gasteiger partial charge in [0, 0.05) is 37.9 Å². The highest BCUT2D eigenvalue weighted by atomic mass is 16.6. The number of alkyl carbamates (subject to hydrolysis) is 1. The van der Waals surface area contributed by atoms with Crippen LogP contribution < -0.4 is 10.2 Å². The molecule has 0 radical (unpaired) electrons. The number of ether oxygens (including phenoxy) is 2. The third-order valence-corrected chi connectivity index (χ3v) is 6.04. The molecule has 1 N–H and O–H groups in total. The van der Waals surface area contributed by atoms with Crippen molar-refractivity contribution in [3.63, 3.8) is 0 Å². The molecule has 0 saturated carbocycles. The van der Waals surface area contributed by atoms with Crippen LogP contribution in [0.15, 0.2) is 42.5 Å². The SMILES string of the molecule is CC(C)(C)OC(=O)N1CCN(c2ccc3c(n2)CC[C@H](NC(=O)OCc2ccccc2)C3)CC1. The second-order valence-corrected chi connectivity index (χ2v) is 9.88. The Hall–Kier alpha value is -3.29. The van der Waals surface area contributed by atoms with Crippen molar-refractivity contribution in [2.24, 2.45) is 0 Å². The van der Waals surface area contributed by atoms with Crippen LogP contribution in [0, 0.1) is 0 Å². The average Bonchev–Trinajstić information content (AvgIpc) is 2.82. The van der Waals surface area contributed by atoms with Gasteiger partial charge >= 0.3 is 12.2 Å². The maximum atomic E-state index is 12.3. The van der Waals surface area contributed by atoms with Crippen molar-refractivity contribution < 1.29 is 19.1 Å². The third-order valence-electron chi connectivity index (χ3n) is 6.04. The molecule has 2 aliphatic rings. The number of aromatic nitrogens is 1. The molecule has 4 rings (SSSR count). The van der Waals surface area contributed by atoms with E-state index in [0.717, 1.165) is 55.0 Å². The molecule has 2 amide bonds. The minimum Gasteiger partial charge on any atom is -0.445 e. The van der Waals surface area contributed by atoms with Crippen LogP contribution in [0.3, 0.4) is 0 Å². The molecule has 8 nitrogen and oxygen atoms in total. The van der Waals surface area contributed by atoms with Gasteiger partial charge in [-0.2, -0.15) is 0 Å². The first-order valence-corrected chi connectivity index (χ1v) is 12.0. The minimum atomic E-state index is -0.486. The van der Waals surface area contributed by atoms with Crippen LogP contribution >= 0.6 is 0 Å². The number of pyridine rings is 1. The predicted molar refractivity (Wildman–Crippen MR) is 130 cm³/mol. The van der Waals surface area contributed by atoms with Gasteiger partial charge in [0.25, 0.3) is 0 Å². The number of anilines is 1. The molecule has 0 unspecified atom stereocenters. The van der Waals surface area contributed by atoms with Gasteiger partial charge in [-0.1, -0.05) is 36.4 Å². The number of amides is 2. The Balaban J connectivity index is 1.26. The van der Waals surface area contributed by atoms with E-state index in [1.165, 1.54) is 0 Å². The topological polar surface area (TPSA) is 84.0 Å². The Morgan fingerprint density at radius 3 is 2.50 bits per heavy atom. The van der Waals surface area contributed by atoms with Gasteiger partial charge < -0.3 is 24.6 Å². The molecule has 1 saturated heterocycles. The Morgan fingerprint density at radius 2 is 1.79 bits per heavy atom. The predicted octanol–water partition coefficient (Wildman–Crippen LogP) is 3.92. The van der Waals surface area contributed by atoms with E-state index < -0.39 is 5.60 Å². The lowest BCUT2D eigenvalue weighted by molar-refractivity contribution is 0.0240. The zero-order valence-electron chi connectivity index (χ0n) is 20.3. The van der Waals surface area contributed by atoms with Crippen LogP contribution in [0.4, 0.5) is 15.4 Å². The molecule has 2 heterocycles. The molecule has 0 bridgehead atoms. The third kappa shape index (κ3) is 6.40. The minimum absolute atomic E-state index is 0.0424. The number of rotatable bonds is 4. The van der Waals surface area contributed by atoms with Crippen LogP contribution in [-0.2, 0) is 28.9 Å². The molecule has 1 aliphatic heterocycles. The van der Waals surface area contributed by atoms with Gasteiger partial charge in [-0.05, 0) is 57.2 Å². The van der Waals surface area contributed by atoms with E-state index in [1.54, 1.807) is 4.90 Å². The summed E-state index contributed by atoms with van der Waals surface area (Å²) in [5.41, 5.74) is 2.73. The fraction of sp³-hybridized carbons (Fsp3) is 0.500. The van der Waals surface area contributed by atoms with Crippen molar-refractivity contribution in [2.45, 2.75) is 58.3 Å². The molecule has 8 heteroatoms. The molecule has 1 atom stereocenters. The molecule has 182 valence electrons. The number of nitrogens with zero attached hydrogens (tertiary/aromatic N) is 3. The molecule has 0 spiro atoms. The van der Waals surface area contributed by atoms with Crippen molar-refractivity contribution in [1.82, 2.24) is 15.2 Å². The zero-order valence-corrected chi connectivity index (χ0v) is 20.3. The second-order valence-electron chi connectivity index (χ2n) is 9.88.